The Hall–Kier alpha value is -4.44. The molecule has 0 aliphatic rings. The molecule has 0 bridgehead atoms. The van der Waals surface area contributed by atoms with Crippen LogP contribution in [0.2, 0.25) is 0 Å². The zero-order valence-corrected chi connectivity index (χ0v) is 30.8. The third-order valence-electron chi connectivity index (χ3n) is 6.66. The minimum atomic E-state index is -1.10. The van der Waals surface area contributed by atoms with E-state index in [4.69, 9.17) is 10.2 Å². The highest BCUT2D eigenvalue weighted by Gasteiger charge is 2.16. The molecule has 0 unspecified atom stereocenters. The van der Waals surface area contributed by atoms with Gasteiger partial charge in [-0.2, -0.15) is 0 Å². The van der Waals surface area contributed by atoms with Gasteiger partial charge in [0.15, 0.2) is 12.1 Å². The van der Waals surface area contributed by atoms with E-state index in [0.717, 1.165) is 22.3 Å². The fourth-order valence-electron chi connectivity index (χ4n) is 3.94. The molecule has 0 saturated heterocycles. The molecular weight excluding hydrogens is 776 g/mol. The molecule has 12 nitrogen and oxygen atoms in total. The first-order chi connectivity index (χ1) is 22.8. The Morgan fingerprint density at radius 1 is 0.420 bits per heavy atom. The number of aliphatic carboxylic acids is 4. The summed E-state index contributed by atoms with van der Waals surface area (Å²) in [5.74, 6) is -3.89. The van der Waals surface area contributed by atoms with E-state index >= 15 is 0 Å². The van der Waals surface area contributed by atoms with E-state index in [1.165, 1.54) is 0 Å². The Labute approximate surface area is 312 Å². The molecule has 4 aromatic carbocycles. The number of quaternary nitrogens is 4. The molecule has 0 aliphatic heterocycles. The first kappa shape index (κ1) is 47.7. The smallest absolute Gasteiger partial charge is 0.362 e. The zero-order chi connectivity index (χ0) is 35.9. The fraction of sp³-hybridized carbons (Fsp3) is 0.222. The molecule has 14 N–H and O–H groups in total. The van der Waals surface area contributed by atoms with Crippen LogP contribution in [0.5, 0.6) is 0 Å². The SMILES string of the molecule is [Br-].[Br-].[NH3+][C@@H](Cc1ccccc1)C(=O)O.[NH3+][C@@H](Cc1ccccc1)C(=O)O.[NH3+][C@@H](Cc1ccccc1)C(=O)[O-].[NH3+][C@@H](Cc1ccccc1)C(=O)[O-]. The summed E-state index contributed by atoms with van der Waals surface area (Å²) in [4.78, 5) is 41.5. The van der Waals surface area contributed by atoms with Gasteiger partial charge in [0.25, 0.3) is 0 Å². The number of benzene rings is 4. The van der Waals surface area contributed by atoms with Crippen molar-refractivity contribution in [3.8, 4) is 0 Å². The molecule has 4 atom stereocenters. The van der Waals surface area contributed by atoms with E-state index in [-0.39, 0.29) is 34.0 Å². The van der Waals surface area contributed by atoms with Crippen LogP contribution in [-0.4, -0.2) is 58.3 Å². The number of carbonyl (C=O) groups is 4. The van der Waals surface area contributed by atoms with Crippen molar-refractivity contribution >= 4 is 23.9 Å². The van der Waals surface area contributed by atoms with Crippen LogP contribution in [0.25, 0.3) is 0 Å². The van der Waals surface area contributed by atoms with Gasteiger partial charge in [-0.3, -0.25) is 0 Å². The summed E-state index contributed by atoms with van der Waals surface area (Å²) in [5.41, 5.74) is 18.0. The quantitative estimate of drug-likeness (QED) is 0.0798. The maximum atomic E-state index is 10.4. The van der Waals surface area contributed by atoms with Gasteiger partial charge in [-0.1, -0.05) is 121 Å². The molecule has 0 saturated carbocycles. The van der Waals surface area contributed by atoms with Gasteiger partial charge in [-0.25, -0.2) is 9.59 Å². The molecule has 0 fully saturated rings. The molecule has 4 aromatic rings. The molecule has 0 radical (unpaired) electrons. The van der Waals surface area contributed by atoms with Crippen molar-refractivity contribution in [1.82, 2.24) is 0 Å². The van der Waals surface area contributed by atoms with Crippen molar-refractivity contribution in [2.75, 3.05) is 0 Å². The average molecular weight is 823 g/mol. The lowest BCUT2D eigenvalue weighted by atomic mass is 10.1. The lowest BCUT2D eigenvalue weighted by Gasteiger charge is -2.08. The Morgan fingerprint density at radius 3 is 0.760 bits per heavy atom. The Bertz CT molecular complexity index is 1280. The van der Waals surface area contributed by atoms with Crippen LogP contribution in [0.4, 0.5) is 0 Å². The van der Waals surface area contributed by atoms with Crippen molar-refractivity contribution < 1.29 is 96.5 Å². The van der Waals surface area contributed by atoms with Crippen molar-refractivity contribution in [3.05, 3.63) is 144 Å². The van der Waals surface area contributed by atoms with E-state index in [2.05, 4.69) is 22.9 Å². The van der Waals surface area contributed by atoms with E-state index < -0.39 is 48.0 Å². The predicted octanol–water partition coefficient (Wildman–Crippen LogP) is -8.96. The molecule has 4 rings (SSSR count). The molecule has 0 spiro atoms. The van der Waals surface area contributed by atoms with Crippen LogP contribution >= 0.6 is 0 Å². The lowest BCUT2D eigenvalue weighted by molar-refractivity contribution is -0.437. The van der Waals surface area contributed by atoms with E-state index in [9.17, 15) is 29.4 Å². The van der Waals surface area contributed by atoms with Crippen LogP contribution < -0.4 is 67.1 Å². The maximum absolute atomic E-state index is 10.4. The monoisotopic (exact) mass is 820 g/mol. The van der Waals surface area contributed by atoms with Crippen molar-refractivity contribution in [2.24, 2.45) is 0 Å². The van der Waals surface area contributed by atoms with Crippen LogP contribution in [0.1, 0.15) is 22.3 Å². The largest absolute Gasteiger partial charge is 1.00 e. The third kappa shape index (κ3) is 22.2. The van der Waals surface area contributed by atoms with Crippen LogP contribution in [0.15, 0.2) is 121 Å². The number of halogens is 2. The molecule has 14 heteroatoms. The number of carboxylic acids is 4. The van der Waals surface area contributed by atoms with Gasteiger partial charge in [-0.15, -0.1) is 0 Å². The molecule has 0 aromatic heterocycles. The van der Waals surface area contributed by atoms with Gasteiger partial charge in [0.05, 0.1) is 11.9 Å². The summed E-state index contributed by atoms with van der Waals surface area (Å²) in [6.45, 7) is 0. The third-order valence-corrected chi connectivity index (χ3v) is 6.66. The summed E-state index contributed by atoms with van der Waals surface area (Å²) in [6, 6.07) is 35.4. The van der Waals surface area contributed by atoms with Crippen LogP contribution in [-0.2, 0) is 44.9 Å². The number of rotatable bonds is 12. The highest BCUT2D eigenvalue weighted by Crippen LogP contribution is 2.03. The normalized spacial score (nSPS) is 11.9. The predicted molar refractivity (Wildman–Crippen MR) is 173 cm³/mol. The summed E-state index contributed by atoms with van der Waals surface area (Å²) in [7, 11) is 0. The first-order valence-corrected chi connectivity index (χ1v) is 15.1. The molecular formula is C36H46Br2N4O8. The minimum absolute atomic E-state index is 0. The summed E-state index contributed by atoms with van der Waals surface area (Å²) < 4.78 is 0. The molecule has 272 valence electrons. The maximum Gasteiger partial charge on any atom is 0.362 e. The second kappa shape index (κ2) is 27.4. The van der Waals surface area contributed by atoms with Crippen LogP contribution in [0, 0.1) is 0 Å². The van der Waals surface area contributed by atoms with Gasteiger partial charge in [0.1, 0.15) is 12.1 Å². The van der Waals surface area contributed by atoms with Crippen molar-refractivity contribution in [3.63, 3.8) is 0 Å². The number of hydrogen-bond acceptors (Lipinski definition) is 6. The summed E-state index contributed by atoms with van der Waals surface area (Å²) in [6.07, 6.45) is 1.86. The number of carbonyl (C=O) groups excluding carboxylic acids is 2. The Morgan fingerprint density at radius 2 is 0.600 bits per heavy atom. The number of hydrogen-bond donors (Lipinski definition) is 6. The Kier molecular flexibility index (Phi) is 26.1. The molecule has 0 aliphatic carbocycles. The standard InChI is InChI=1S/4C9H11NO2.2BrH/c4*10-8(9(11)12)6-7-4-2-1-3-5-7;;/h4*1-5,8H,6,10H2,(H,11,12);2*1H/t4*8-;;/m0000../s1. The van der Waals surface area contributed by atoms with Gasteiger partial charge >= 0.3 is 11.9 Å². The number of carboxylic acid groups (broad SMARTS) is 4. The lowest BCUT2D eigenvalue weighted by Crippen LogP contribution is -3.00. The summed E-state index contributed by atoms with van der Waals surface area (Å²) in [5, 5.41) is 37.8. The topological polar surface area (TPSA) is 265 Å². The molecule has 0 heterocycles. The van der Waals surface area contributed by atoms with E-state index in [1.54, 1.807) is 0 Å². The van der Waals surface area contributed by atoms with E-state index in [0.29, 0.717) is 25.7 Å². The van der Waals surface area contributed by atoms with Gasteiger partial charge < -0.3 is 86.9 Å². The van der Waals surface area contributed by atoms with Gasteiger partial charge in [0.2, 0.25) is 0 Å². The first-order valence-electron chi connectivity index (χ1n) is 15.1. The van der Waals surface area contributed by atoms with E-state index in [1.807, 2.05) is 121 Å². The Balaban J connectivity index is 0. The second-order valence-corrected chi connectivity index (χ2v) is 10.9. The molecule has 50 heavy (non-hydrogen) atoms. The van der Waals surface area contributed by atoms with Crippen LogP contribution in [0.3, 0.4) is 0 Å². The summed E-state index contributed by atoms with van der Waals surface area (Å²) >= 11 is 0. The average Bonchev–Trinajstić information content (AvgIpc) is 3.07. The highest BCUT2D eigenvalue weighted by molar-refractivity contribution is 5.72. The molecule has 0 amide bonds. The van der Waals surface area contributed by atoms with Crippen molar-refractivity contribution in [2.45, 2.75) is 49.9 Å². The van der Waals surface area contributed by atoms with Gasteiger partial charge in [-0.05, 0) is 22.3 Å². The second-order valence-electron chi connectivity index (χ2n) is 10.9. The zero-order valence-electron chi connectivity index (χ0n) is 27.6. The van der Waals surface area contributed by atoms with Crippen molar-refractivity contribution in [1.29, 1.82) is 0 Å². The van der Waals surface area contributed by atoms with Gasteiger partial charge in [0, 0.05) is 25.7 Å². The minimum Gasteiger partial charge on any atom is -1.00 e. The fourth-order valence-corrected chi connectivity index (χ4v) is 3.94. The highest BCUT2D eigenvalue weighted by atomic mass is 79.9.